The third-order valence-corrected chi connectivity index (χ3v) is 3.57. The molecular formula is C18H37N3O3. The first-order chi connectivity index (χ1) is 11.4. The predicted octanol–water partition coefficient (Wildman–Crippen LogP) is -1.50. The lowest BCUT2D eigenvalue weighted by Crippen LogP contribution is -3.11. The monoisotopic (exact) mass is 343 g/mol. The maximum Gasteiger partial charge on any atom is 0.0742 e. The smallest absolute Gasteiger partial charge is 0.0742 e. The summed E-state index contributed by atoms with van der Waals surface area (Å²) in [7, 11) is 0. The van der Waals surface area contributed by atoms with E-state index in [1.54, 1.807) is 22.2 Å². The molecule has 0 aliphatic rings. The van der Waals surface area contributed by atoms with Crippen LogP contribution < -0.4 is 20.0 Å². The Labute approximate surface area is 148 Å². The van der Waals surface area contributed by atoms with Gasteiger partial charge in [0.1, 0.15) is 0 Å². The first-order valence-electron chi connectivity index (χ1n) is 8.83. The van der Waals surface area contributed by atoms with Crippen molar-refractivity contribution in [3.05, 3.63) is 30.6 Å². The molecule has 6 nitrogen and oxygen atoms in total. The second kappa shape index (κ2) is 23.6. The highest BCUT2D eigenvalue weighted by atomic mass is 16.6. The summed E-state index contributed by atoms with van der Waals surface area (Å²) in [5.41, 5.74) is 0. The number of carboxylic acid groups (broad SMARTS) is 2. The molecule has 1 aromatic heterocycles. The maximum absolute atomic E-state index is 8.33. The van der Waals surface area contributed by atoms with Gasteiger partial charge < -0.3 is 24.8 Å². The second-order valence-corrected chi connectivity index (χ2v) is 4.90. The number of rotatable bonds is 6. The van der Waals surface area contributed by atoms with Crippen LogP contribution >= 0.6 is 0 Å². The van der Waals surface area contributed by atoms with Gasteiger partial charge in [0.15, 0.2) is 0 Å². The van der Waals surface area contributed by atoms with Gasteiger partial charge in [-0.2, -0.15) is 0 Å². The van der Waals surface area contributed by atoms with Crippen molar-refractivity contribution in [3.8, 4) is 0 Å². The Morgan fingerprint density at radius 2 is 0.958 bits per heavy atom. The molecule has 1 rings (SSSR count). The lowest BCUT2D eigenvalue weighted by atomic mass is 10.5. The van der Waals surface area contributed by atoms with Crippen LogP contribution in [0.2, 0.25) is 0 Å². The summed E-state index contributed by atoms with van der Waals surface area (Å²) in [6.45, 7) is 21.0. The van der Waals surface area contributed by atoms with Crippen LogP contribution in [0.1, 0.15) is 41.5 Å². The van der Waals surface area contributed by atoms with Gasteiger partial charge in [-0.1, -0.05) is 6.07 Å². The fourth-order valence-corrected chi connectivity index (χ4v) is 1.81. The molecule has 0 amide bonds. The number of carbonyl (C=O) groups excluding carboxylic acids is 1. The lowest BCUT2D eigenvalue weighted by molar-refractivity contribution is -0.894. The Hall–Kier alpha value is -1.66. The van der Waals surface area contributed by atoms with Crippen LogP contribution in [-0.2, 0) is 0 Å². The Kier molecular flexibility index (Phi) is 26.8. The van der Waals surface area contributed by atoms with Crippen molar-refractivity contribution < 1.29 is 24.8 Å². The molecule has 0 aliphatic carbocycles. The fraction of sp³-hybridized carbons (Fsp3) is 0.667. The van der Waals surface area contributed by atoms with E-state index in [4.69, 9.17) is 15.0 Å². The molecule has 0 unspecified atom stereocenters. The summed E-state index contributed by atoms with van der Waals surface area (Å²) in [5.74, 6) is 0. The molecule has 0 saturated carbocycles. The number of quaternary nitrogens is 2. The summed E-state index contributed by atoms with van der Waals surface area (Å²) >= 11 is 0. The van der Waals surface area contributed by atoms with Gasteiger partial charge in [0.2, 0.25) is 0 Å². The number of hydrogen-bond acceptors (Lipinski definition) is 4. The van der Waals surface area contributed by atoms with Gasteiger partial charge in [-0.3, -0.25) is 4.98 Å². The Morgan fingerprint density at radius 1 is 0.708 bits per heavy atom. The third-order valence-electron chi connectivity index (χ3n) is 3.57. The van der Waals surface area contributed by atoms with Crippen molar-refractivity contribution in [3.63, 3.8) is 0 Å². The molecule has 1 heterocycles. The minimum Gasteiger partial charge on any atom is -0.652 e. The minimum atomic E-state index is -2.33. The quantitative estimate of drug-likeness (QED) is 0.658. The van der Waals surface area contributed by atoms with E-state index in [0.29, 0.717) is 0 Å². The Balaban J connectivity index is -0.000000250. The number of nitrogens with zero attached hydrogens (tertiary/aromatic N) is 1. The van der Waals surface area contributed by atoms with E-state index in [1.807, 2.05) is 18.2 Å². The van der Waals surface area contributed by atoms with Crippen molar-refractivity contribution in [1.82, 2.24) is 4.98 Å². The van der Waals surface area contributed by atoms with Crippen LogP contribution in [0.5, 0.6) is 0 Å². The average molecular weight is 344 g/mol. The molecule has 6 heteroatoms. The highest BCUT2D eigenvalue weighted by molar-refractivity contribution is 5.47. The van der Waals surface area contributed by atoms with Crippen LogP contribution in [0.25, 0.3) is 0 Å². The van der Waals surface area contributed by atoms with E-state index in [0.717, 1.165) is 0 Å². The van der Waals surface area contributed by atoms with Crippen LogP contribution in [-0.4, -0.2) is 50.4 Å². The maximum atomic E-state index is 8.33. The summed E-state index contributed by atoms with van der Waals surface area (Å²) in [6.07, 6.45) is 1.17. The van der Waals surface area contributed by atoms with Gasteiger partial charge in [0.05, 0.1) is 39.3 Å². The number of carbonyl (C=O) groups is 1. The molecule has 142 valence electrons. The van der Waals surface area contributed by atoms with Crippen molar-refractivity contribution in [2.45, 2.75) is 41.5 Å². The van der Waals surface area contributed by atoms with Crippen molar-refractivity contribution >= 4 is 6.16 Å². The molecule has 0 saturated heterocycles. The van der Waals surface area contributed by atoms with E-state index in [9.17, 15) is 0 Å². The largest absolute Gasteiger partial charge is 0.652 e. The zero-order chi connectivity index (χ0) is 19.2. The van der Waals surface area contributed by atoms with Crippen molar-refractivity contribution in [2.75, 3.05) is 39.3 Å². The topological polar surface area (TPSA) is 85.0 Å². The second-order valence-electron chi connectivity index (χ2n) is 4.90. The highest BCUT2D eigenvalue weighted by Gasteiger charge is 1.93. The molecular weight excluding hydrogens is 306 g/mol. The molecule has 0 spiro atoms. The Morgan fingerprint density at radius 3 is 1.00 bits per heavy atom. The van der Waals surface area contributed by atoms with Gasteiger partial charge in [-0.15, -0.1) is 0 Å². The molecule has 24 heavy (non-hydrogen) atoms. The zero-order valence-corrected chi connectivity index (χ0v) is 16.3. The van der Waals surface area contributed by atoms with Crippen LogP contribution in [0.3, 0.4) is 0 Å². The standard InChI is InChI=1S/2C6H15N.C5H5N.CH2O3/c2*1-4-7(5-2)6-3;1-2-4-6-5-3-1;2-1(3)4/h2*4-6H2,1-3H3;1-5H;(H2,2,3,4). The van der Waals surface area contributed by atoms with E-state index < -0.39 is 6.16 Å². The van der Waals surface area contributed by atoms with Gasteiger partial charge >= 0.3 is 0 Å². The SMILES string of the molecule is CC[NH+](CC)CC.CC[NH+](CC)CC.O=C([O-])[O-].c1ccncc1. The molecule has 0 fully saturated rings. The van der Waals surface area contributed by atoms with E-state index in [2.05, 4.69) is 46.5 Å². The molecule has 0 radical (unpaired) electrons. The summed E-state index contributed by atoms with van der Waals surface area (Å²) in [5, 5.41) is 16.7. The summed E-state index contributed by atoms with van der Waals surface area (Å²) in [6, 6.07) is 5.72. The summed E-state index contributed by atoms with van der Waals surface area (Å²) in [4.78, 5) is 15.5. The minimum absolute atomic E-state index is 1.27. The van der Waals surface area contributed by atoms with Crippen LogP contribution in [0.15, 0.2) is 30.6 Å². The molecule has 2 N–H and O–H groups in total. The van der Waals surface area contributed by atoms with E-state index in [-0.39, 0.29) is 0 Å². The van der Waals surface area contributed by atoms with E-state index in [1.165, 1.54) is 39.3 Å². The molecule has 0 aliphatic heterocycles. The van der Waals surface area contributed by atoms with Gasteiger partial charge in [-0.25, -0.2) is 0 Å². The normalized spacial score (nSPS) is 9.00. The Bertz CT molecular complexity index is 276. The highest BCUT2D eigenvalue weighted by Crippen LogP contribution is 1.73. The summed E-state index contributed by atoms with van der Waals surface area (Å²) < 4.78 is 0. The van der Waals surface area contributed by atoms with E-state index >= 15 is 0 Å². The molecule has 0 atom stereocenters. The third kappa shape index (κ3) is 28.5. The molecule has 0 aromatic carbocycles. The first-order valence-corrected chi connectivity index (χ1v) is 8.83. The predicted molar refractivity (Wildman–Crippen MR) is 94.8 cm³/mol. The van der Waals surface area contributed by atoms with Gasteiger partial charge in [-0.05, 0) is 59.8 Å². The van der Waals surface area contributed by atoms with Crippen molar-refractivity contribution in [1.29, 1.82) is 0 Å². The van der Waals surface area contributed by atoms with Crippen LogP contribution in [0.4, 0.5) is 4.79 Å². The molecule has 1 aromatic rings. The lowest BCUT2D eigenvalue weighted by Gasteiger charge is -2.10. The zero-order valence-electron chi connectivity index (χ0n) is 16.3. The number of nitrogens with one attached hydrogen (secondary N) is 2. The number of aromatic nitrogens is 1. The van der Waals surface area contributed by atoms with Gasteiger partial charge in [0, 0.05) is 12.4 Å². The fourth-order valence-electron chi connectivity index (χ4n) is 1.81. The first kappa shape index (κ1) is 27.2. The number of hydrogen-bond donors (Lipinski definition) is 2. The van der Waals surface area contributed by atoms with Gasteiger partial charge in [0.25, 0.3) is 0 Å². The van der Waals surface area contributed by atoms with Crippen molar-refractivity contribution in [2.24, 2.45) is 0 Å². The molecule has 0 bridgehead atoms. The van der Waals surface area contributed by atoms with Crippen LogP contribution in [0, 0.1) is 0 Å². The average Bonchev–Trinajstić information content (AvgIpc) is 2.60. The number of pyridine rings is 1.